The summed E-state index contributed by atoms with van der Waals surface area (Å²) in [6, 6.07) is 10.6. The lowest BCUT2D eigenvalue weighted by atomic mass is 9.93. The number of nitrogen functional groups attached to an aromatic ring is 1. The van der Waals surface area contributed by atoms with Gasteiger partial charge < -0.3 is 16.0 Å². The average Bonchev–Trinajstić information content (AvgIpc) is 3.25. The first-order chi connectivity index (χ1) is 12.8. The van der Waals surface area contributed by atoms with Crippen LogP contribution < -0.4 is 11.1 Å². The molecule has 132 valence electrons. The minimum Gasteiger partial charge on any atom is -0.382 e. The molecule has 5 N–H and O–H groups in total. The molecule has 1 aromatic carbocycles. The van der Waals surface area contributed by atoms with Crippen molar-refractivity contribution in [3.63, 3.8) is 0 Å². The van der Waals surface area contributed by atoms with Crippen molar-refractivity contribution < 1.29 is 0 Å². The van der Waals surface area contributed by atoms with E-state index in [4.69, 9.17) is 5.73 Å². The Balaban J connectivity index is 1.55. The number of nitrogens with one attached hydrogen (secondary N) is 3. The molecule has 5 rings (SSSR count). The first kappa shape index (κ1) is 15.4. The van der Waals surface area contributed by atoms with Crippen LogP contribution in [0.2, 0.25) is 0 Å². The predicted octanol–water partition coefficient (Wildman–Crippen LogP) is 3.23. The Kier molecular flexibility index (Phi) is 3.64. The van der Waals surface area contributed by atoms with Crippen molar-refractivity contribution in [3.8, 4) is 11.1 Å². The summed E-state index contributed by atoms with van der Waals surface area (Å²) in [5.41, 5.74) is 11.5. The van der Waals surface area contributed by atoms with Crippen LogP contribution in [0.1, 0.15) is 18.5 Å². The van der Waals surface area contributed by atoms with E-state index < -0.39 is 0 Å². The van der Waals surface area contributed by atoms with E-state index in [1.54, 1.807) is 0 Å². The molecule has 6 nitrogen and oxygen atoms in total. The van der Waals surface area contributed by atoms with Crippen molar-refractivity contribution >= 4 is 27.8 Å². The third kappa shape index (κ3) is 2.63. The van der Waals surface area contributed by atoms with E-state index in [9.17, 15) is 0 Å². The van der Waals surface area contributed by atoms with E-state index in [-0.39, 0.29) is 0 Å². The van der Waals surface area contributed by atoms with Gasteiger partial charge in [-0.3, -0.25) is 5.10 Å². The quantitative estimate of drug-likeness (QED) is 0.458. The molecule has 0 atom stereocenters. The third-order valence-corrected chi connectivity index (χ3v) is 5.46. The number of H-pyrrole nitrogens is 2. The summed E-state index contributed by atoms with van der Waals surface area (Å²) in [6.45, 7) is 2.25. The summed E-state index contributed by atoms with van der Waals surface area (Å²) < 4.78 is 0. The van der Waals surface area contributed by atoms with Gasteiger partial charge in [-0.2, -0.15) is 5.10 Å². The van der Waals surface area contributed by atoms with E-state index >= 15 is 0 Å². The highest BCUT2D eigenvalue weighted by Crippen LogP contribution is 2.32. The van der Waals surface area contributed by atoms with Crippen molar-refractivity contribution in [2.45, 2.75) is 19.3 Å². The molecule has 0 unspecified atom stereocenters. The number of hydrogen-bond acceptors (Lipinski definition) is 4. The molecule has 3 aromatic heterocycles. The summed E-state index contributed by atoms with van der Waals surface area (Å²) in [6.07, 6.45) is 5.44. The van der Waals surface area contributed by atoms with Gasteiger partial charge in [0, 0.05) is 22.7 Å². The standard InChI is InChI=1S/C20H22N6/c21-19-17-10-13(1-2-18(17)25-26-19)15-5-8-23-20-16(15)11-14(24-20)9-12-3-6-22-7-4-12/h1-2,5,8,10-12,22H,3-4,6-7,9H2,(H,23,24)(H3,21,25,26). The zero-order chi connectivity index (χ0) is 17.5. The van der Waals surface area contributed by atoms with E-state index in [1.165, 1.54) is 24.1 Å². The Morgan fingerprint density at radius 2 is 1.96 bits per heavy atom. The smallest absolute Gasteiger partial charge is 0.153 e. The number of nitrogens with zero attached hydrogens (tertiary/aromatic N) is 2. The summed E-state index contributed by atoms with van der Waals surface area (Å²) >= 11 is 0. The number of nitrogens with two attached hydrogens (primary N) is 1. The van der Waals surface area contributed by atoms with Crippen LogP contribution >= 0.6 is 0 Å². The van der Waals surface area contributed by atoms with Gasteiger partial charge in [-0.1, -0.05) is 6.07 Å². The van der Waals surface area contributed by atoms with E-state index in [2.05, 4.69) is 49.7 Å². The molecular formula is C20H22N6. The second-order valence-electron chi connectivity index (χ2n) is 7.18. The van der Waals surface area contributed by atoms with Gasteiger partial charge in [-0.25, -0.2) is 4.98 Å². The average molecular weight is 346 g/mol. The summed E-state index contributed by atoms with van der Waals surface area (Å²) in [7, 11) is 0. The van der Waals surface area contributed by atoms with Gasteiger partial charge in [0.1, 0.15) is 5.65 Å². The summed E-state index contributed by atoms with van der Waals surface area (Å²) in [4.78, 5) is 8.06. The van der Waals surface area contributed by atoms with Gasteiger partial charge in [0.2, 0.25) is 0 Å². The molecule has 0 saturated carbocycles. The molecule has 0 amide bonds. The summed E-state index contributed by atoms with van der Waals surface area (Å²) in [5.74, 6) is 1.28. The fourth-order valence-corrected chi connectivity index (χ4v) is 4.04. The molecule has 1 aliphatic rings. The Morgan fingerprint density at radius 1 is 1.08 bits per heavy atom. The molecule has 0 radical (unpaired) electrons. The Hall–Kier alpha value is -2.86. The predicted molar refractivity (Wildman–Crippen MR) is 105 cm³/mol. The molecule has 0 bridgehead atoms. The molecule has 1 fully saturated rings. The maximum absolute atomic E-state index is 5.98. The van der Waals surface area contributed by atoms with Gasteiger partial charge in [0.25, 0.3) is 0 Å². The van der Waals surface area contributed by atoms with Crippen molar-refractivity contribution in [2.75, 3.05) is 18.8 Å². The number of anilines is 1. The van der Waals surface area contributed by atoms with Crippen LogP contribution in [0.15, 0.2) is 36.5 Å². The normalized spacial score (nSPS) is 15.8. The lowest BCUT2D eigenvalue weighted by Crippen LogP contribution is -2.28. The number of pyridine rings is 1. The maximum Gasteiger partial charge on any atom is 0.153 e. The monoisotopic (exact) mass is 346 g/mol. The van der Waals surface area contributed by atoms with Crippen LogP contribution in [0.25, 0.3) is 33.1 Å². The van der Waals surface area contributed by atoms with Crippen LogP contribution in [-0.2, 0) is 6.42 Å². The van der Waals surface area contributed by atoms with Crippen molar-refractivity contribution in [1.82, 2.24) is 25.5 Å². The molecule has 1 aliphatic heterocycles. The lowest BCUT2D eigenvalue weighted by molar-refractivity contribution is 0.370. The highest BCUT2D eigenvalue weighted by Gasteiger charge is 2.16. The van der Waals surface area contributed by atoms with Crippen molar-refractivity contribution in [1.29, 1.82) is 0 Å². The second kappa shape index (κ2) is 6.14. The van der Waals surface area contributed by atoms with Crippen molar-refractivity contribution in [2.24, 2.45) is 5.92 Å². The molecule has 4 heterocycles. The number of piperidine rings is 1. The number of benzene rings is 1. The van der Waals surface area contributed by atoms with Gasteiger partial charge in [0.05, 0.1) is 5.52 Å². The molecule has 26 heavy (non-hydrogen) atoms. The first-order valence-electron chi connectivity index (χ1n) is 9.19. The van der Waals surface area contributed by atoms with Gasteiger partial charge in [0.15, 0.2) is 5.82 Å². The van der Waals surface area contributed by atoms with Crippen LogP contribution in [0.5, 0.6) is 0 Å². The maximum atomic E-state index is 5.98. The largest absolute Gasteiger partial charge is 0.382 e. The Labute approximate surface area is 151 Å². The van der Waals surface area contributed by atoms with E-state index in [0.29, 0.717) is 5.82 Å². The van der Waals surface area contributed by atoms with Gasteiger partial charge >= 0.3 is 0 Å². The molecular weight excluding hydrogens is 324 g/mol. The Morgan fingerprint density at radius 3 is 2.85 bits per heavy atom. The first-order valence-corrected chi connectivity index (χ1v) is 9.19. The van der Waals surface area contributed by atoms with Crippen LogP contribution in [0.4, 0.5) is 5.82 Å². The SMILES string of the molecule is Nc1n[nH]c2ccc(-c3ccnc4[nH]c(CC5CCNCC5)cc34)cc12. The number of rotatable bonds is 3. The number of aromatic nitrogens is 4. The van der Waals surface area contributed by atoms with Gasteiger partial charge in [-0.15, -0.1) is 0 Å². The van der Waals surface area contributed by atoms with Crippen LogP contribution in [0.3, 0.4) is 0 Å². The topological polar surface area (TPSA) is 95.4 Å². The Bertz CT molecular complexity index is 1070. The minimum atomic E-state index is 0.535. The molecule has 1 saturated heterocycles. The molecule has 0 spiro atoms. The van der Waals surface area contributed by atoms with E-state index in [0.717, 1.165) is 52.9 Å². The zero-order valence-electron chi connectivity index (χ0n) is 14.5. The highest BCUT2D eigenvalue weighted by molar-refractivity contribution is 5.98. The molecule has 6 heteroatoms. The van der Waals surface area contributed by atoms with Crippen LogP contribution in [0, 0.1) is 5.92 Å². The molecule has 0 aliphatic carbocycles. The van der Waals surface area contributed by atoms with E-state index in [1.807, 2.05) is 12.3 Å². The summed E-state index contributed by atoms with van der Waals surface area (Å²) in [5, 5.41) is 12.6. The number of aromatic amines is 2. The zero-order valence-corrected chi connectivity index (χ0v) is 14.5. The second-order valence-corrected chi connectivity index (χ2v) is 7.18. The highest BCUT2D eigenvalue weighted by atomic mass is 15.1. The van der Waals surface area contributed by atoms with Crippen molar-refractivity contribution in [3.05, 3.63) is 42.2 Å². The van der Waals surface area contributed by atoms with Gasteiger partial charge in [-0.05, 0) is 73.7 Å². The third-order valence-electron chi connectivity index (χ3n) is 5.46. The lowest BCUT2D eigenvalue weighted by Gasteiger charge is -2.21. The number of hydrogen-bond donors (Lipinski definition) is 4. The fraction of sp³-hybridized carbons (Fsp3) is 0.300. The minimum absolute atomic E-state index is 0.535. The molecule has 4 aromatic rings. The fourth-order valence-electron chi connectivity index (χ4n) is 4.04. The van der Waals surface area contributed by atoms with Crippen LogP contribution in [-0.4, -0.2) is 33.3 Å². The number of fused-ring (bicyclic) bond motifs is 2.